The molecule has 0 aromatic heterocycles. The summed E-state index contributed by atoms with van der Waals surface area (Å²) in [6.07, 6.45) is 7.71. The first-order valence-electron chi connectivity index (χ1n) is 11.0. The van der Waals surface area contributed by atoms with Crippen molar-refractivity contribution in [3.63, 3.8) is 0 Å². The number of hydrogen-bond acceptors (Lipinski definition) is 7. The lowest BCUT2D eigenvalue weighted by atomic mass is 10.0. The van der Waals surface area contributed by atoms with Crippen molar-refractivity contribution >= 4 is 33.8 Å². The Bertz CT molecular complexity index is 1170. The minimum atomic E-state index is -3.73. The Morgan fingerprint density at radius 1 is 1.38 bits per heavy atom. The number of nitrogens with two attached hydrogens (primary N) is 1. The second-order valence-corrected chi connectivity index (χ2v) is 10.9. The molecule has 1 amide bonds. The van der Waals surface area contributed by atoms with Gasteiger partial charge in [0, 0.05) is 30.6 Å². The second-order valence-electron chi connectivity index (χ2n) is 9.23. The quantitative estimate of drug-likeness (QED) is 0.630. The Balaban J connectivity index is 1.58. The molecule has 3 N–H and O–H groups in total. The lowest BCUT2D eigenvalue weighted by Gasteiger charge is -2.38. The van der Waals surface area contributed by atoms with Crippen LogP contribution in [0.5, 0.6) is 0 Å². The van der Waals surface area contributed by atoms with Gasteiger partial charge in [-0.05, 0) is 57.2 Å². The van der Waals surface area contributed by atoms with Crippen LogP contribution in [0, 0.1) is 0 Å². The van der Waals surface area contributed by atoms with Crippen molar-refractivity contribution in [2.24, 2.45) is 15.7 Å². The van der Waals surface area contributed by atoms with Gasteiger partial charge in [-0.1, -0.05) is 0 Å². The summed E-state index contributed by atoms with van der Waals surface area (Å²) >= 11 is 0. The van der Waals surface area contributed by atoms with Gasteiger partial charge in [-0.3, -0.25) is 14.7 Å². The first-order valence-corrected chi connectivity index (χ1v) is 12.4. The van der Waals surface area contributed by atoms with E-state index in [4.69, 9.17) is 10.7 Å². The third-order valence-corrected chi connectivity index (χ3v) is 8.39. The molecule has 0 bridgehead atoms. The Kier molecular flexibility index (Phi) is 4.90. The zero-order valence-corrected chi connectivity index (χ0v) is 19.1. The maximum atomic E-state index is 13.6. The molecule has 170 valence electrons. The fourth-order valence-corrected chi connectivity index (χ4v) is 6.31. The number of nitrogens with zero attached hydrogens (tertiary/aromatic N) is 4. The molecule has 0 unspecified atom stereocenters. The van der Waals surface area contributed by atoms with Crippen molar-refractivity contribution in [3.05, 3.63) is 35.5 Å². The lowest BCUT2D eigenvalue weighted by Crippen LogP contribution is -2.53. The summed E-state index contributed by atoms with van der Waals surface area (Å²) < 4.78 is 28.7. The van der Waals surface area contributed by atoms with Gasteiger partial charge in [0.2, 0.25) is 16.0 Å². The van der Waals surface area contributed by atoms with Crippen LogP contribution < -0.4 is 15.4 Å². The SMILES string of the molecule is CN=CC(=CN)CN1C(=O)c2cc(S(=O)(=O)NC3(C)CC3)ccc2N2C1=N[C@H]1CCC[C@H]12. The number of nitrogens with one attached hydrogen (secondary N) is 1. The third-order valence-electron chi connectivity index (χ3n) is 6.76. The van der Waals surface area contributed by atoms with Gasteiger partial charge in [0.05, 0.1) is 34.8 Å². The second kappa shape index (κ2) is 7.41. The molecule has 9 nitrogen and oxygen atoms in total. The number of hydrogen-bond donors (Lipinski definition) is 2. The largest absolute Gasteiger partial charge is 0.404 e. The molecule has 1 aromatic rings. The smallest absolute Gasteiger partial charge is 0.263 e. The van der Waals surface area contributed by atoms with E-state index in [9.17, 15) is 13.2 Å². The summed E-state index contributed by atoms with van der Waals surface area (Å²) in [5.74, 6) is 0.328. The van der Waals surface area contributed by atoms with Crippen LogP contribution in [0.25, 0.3) is 0 Å². The molecule has 2 heterocycles. The molecule has 2 saturated carbocycles. The van der Waals surface area contributed by atoms with E-state index < -0.39 is 15.6 Å². The van der Waals surface area contributed by atoms with Gasteiger partial charge in [-0.25, -0.2) is 18.1 Å². The van der Waals surface area contributed by atoms with Crippen LogP contribution in [0.1, 0.15) is 49.4 Å². The predicted molar refractivity (Wildman–Crippen MR) is 123 cm³/mol. The highest BCUT2D eigenvalue weighted by molar-refractivity contribution is 7.89. The van der Waals surface area contributed by atoms with E-state index in [0.717, 1.165) is 37.8 Å². The molecule has 2 atom stereocenters. The topological polar surface area (TPSA) is 120 Å². The minimum absolute atomic E-state index is 0.102. The number of rotatable bonds is 6. The number of carbonyl (C=O) groups excluding carboxylic acids is 1. The molecule has 1 aromatic carbocycles. The van der Waals surface area contributed by atoms with E-state index in [1.165, 1.54) is 12.3 Å². The van der Waals surface area contributed by atoms with Gasteiger partial charge in [-0.2, -0.15) is 0 Å². The van der Waals surface area contributed by atoms with E-state index in [2.05, 4.69) is 14.6 Å². The van der Waals surface area contributed by atoms with Crippen molar-refractivity contribution in [2.75, 3.05) is 18.5 Å². The Hall–Kier alpha value is -2.72. The number of guanidine groups is 1. The molecule has 5 rings (SSSR count). The number of anilines is 1. The number of fused-ring (bicyclic) bond motifs is 5. The first kappa shape index (κ1) is 21.1. The third kappa shape index (κ3) is 3.41. The molecule has 0 spiro atoms. The number of aliphatic imine (C=N–C) groups is 2. The summed E-state index contributed by atoms with van der Waals surface area (Å²) in [4.78, 5) is 26.3. The summed E-state index contributed by atoms with van der Waals surface area (Å²) in [5.41, 5.74) is 7.13. The van der Waals surface area contributed by atoms with Gasteiger partial charge in [0.15, 0.2) is 0 Å². The van der Waals surface area contributed by atoms with Crippen molar-refractivity contribution in [3.8, 4) is 0 Å². The van der Waals surface area contributed by atoms with E-state index in [1.807, 2.05) is 6.92 Å². The van der Waals surface area contributed by atoms with Crippen molar-refractivity contribution in [1.29, 1.82) is 0 Å². The number of carbonyl (C=O) groups is 1. The van der Waals surface area contributed by atoms with Crippen LogP contribution in [0.15, 0.2) is 44.9 Å². The van der Waals surface area contributed by atoms with Gasteiger partial charge in [0.25, 0.3) is 5.91 Å². The van der Waals surface area contributed by atoms with Crippen LogP contribution in [-0.2, 0) is 10.0 Å². The van der Waals surface area contributed by atoms with Crippen molar-refractivity contribution in [1.82, 2.24) is 9.62 Å². The van der Waals surface area contributed by atoms with Crippen molar-refractivity contribution in [2.45, 2.75) is 61.5 Å². The van der Waals surface area contributed by atoms with E-state index in [-0.39, 0.29) is 29.4 Å². The first-order chi connectivity index (χ1) is 15.3. The molecule has 2 fully saturated rings. The van der Waals surface area contributed by atoms with Crippen LogP contribution >= 0.6 is 0 Å². The van der Waals surface area contributed by atoms with E-state index in [1.54, 1.807) is 30.3 Å². The molecule has 32 heavy (non-hydrogen) atoms. The maximum Gasteiger partial charge on any atom is 0.263 e. The standard InChI is InChI=1S/C22H28N6O3S/c1-22(8-9-22)26-32(30,31)15-6-7-18-16(10-15)20(29)27(13-14(11-23)12-24-2)21-25-17-4-3-5-19(17)28(18)21/h6-7,10-12,17,19,26H,3-5,8-9,13,23H2,1-2H3/t17-,19+/m0/s1. The van der Waals surface area contributed by atoms with Gasteiger partial charge in [-0.15, -0.1) is 0 Å². The van der Waals surface area contributed by atoms with Crippen LogP contribution in [0.2, 0.25) is 0 Å². The molecule has 2 aliphatic carbocycles. The summed E-state index contributed by atoms with van der Waals surface area (Å²) in [7, 11) is -2.08. The normalized spacial score (nSPS) is 26.2. The molecule has 2 aliphatic heterocycles. The highest BCUT2D eigenvalue weighted by Crippen LogP contribution is 2.42. The zero-order valence-electron chi connectivity index (χ0n) is 18.3. The predicted octanol–water partition coefficient (Wildman–Crippen LogP) is 1.61. The van der Waals surface area contributed by atoms with Gasteiger partial charge < -0.3 is 10.6 Å². The van der Waals surface area contributed by atoms with Gasteiger partial charge >= 0.3 is 0 Å². The summed E-state index contributed by atoms with van der Waals surface area (Å²) in [6.45, 7) is 2.10. The Morgan fingerprint density at radius 2 is 2.16 bits per heavy atom. The zero-order chi connectivity index (χ0) is 22.7. The minimum Gasteiger partial charge on any atom is -0.404 e. The molecule has 0 saturated heterocycles. The maximum absolute atomic E-state index is 13.6. The van der Waals surface area contributed by atoms with Crippen LogP contribution in [-0.4, -0.2) is 62.6 Å². The van der Waals surface area contributed by atoms with Crippen LogP contribution in [0.4, 0.5) is 5.69 Å². The van der Waals surface area contributed by atoms with Gasteiger partial charge in [0.1, 0.15) is 0 Å². The summed E-state index contributed by atoms with van der Waals surface area (Å²) in [6, 6.07) is 5.15. The fraction of sp³-hybridized carbons (Fsp3) is 0.500. The Labute approximate surface area is 188 Å². The van der Waals surface area contributed by atoms with Crippen LogP contribution in [0.3, 0.4) is 0 Å². The monoisotopic (exact) mass is 456 g/mol. The molecule has 10 heteroatoms. The highest BCUT2D eigenvalue weighted by Gasteiger charge is 2.48. The average molecular weight is 457 g/mol. The van der Waals surface area contributed by atoms with E-state index >= 15 is 0 Å². The number of sulfonamides is 1. The average Bonchev–Trinajstić information content (AvgIpc) is 3.14. The van der Waals surface area contributed by atoms with E-state index in [0.29, 0.717) is 17.1 Å². The lowest BCUT2D eigenvalue weighted by molar-refractivity contribution is 0.0850. The Morgan fingerprint density at radius 3 is 2.84 bits per heavy atom. The summed E-state index contributed by atoms with van der Waals surface area (Å²) in [5, 5.41) is 0. The van der Waals surface area contributed by atoms with Crippen molar-refractivity contribution < 1.29 is 13.2 Å². The fourth-order valence-electron chi connectivity index (χ4n) is 4.82. The number of benzene rings is 1. The molecular weight excluding hydrogens is 428 g/mol. The highest BCUT2D eigenvalue weighted by atomic mass is 32.2. The molecular formula is C22H28N6O3S. The molecule has 0 radical (unpaired) electrons. The molecule has 4 aliphatic rings. The number of amides is 1.